The average molecular weight is 424 g/mol. The number of ether oxygens (including phenoxy) is 2. The Balaban J connectivity index is 0.00000256. The third kappa shape index (κ3) is 4.07. The molecule has 0 radical (unpaired) electrons. The molecule has 1 atom stereocenters. The topological polar surface area (TPSA) is 56.5 Å². The van der Waals surface area contributed by atoms with Gasteiger partial charge in [0.25, 0.3) is 0 Å². The molecule has 1 aromatic heterocycles. The van der Waals surface area contributed by atoms with Crippen molar-refractivity contribution in [1.82, 2.24) is 0 Å². The first-order chi connectivity index (χ1) is 14.1. The number of nitrogens with zero attached hydrogens (tertiary/aromatic N) is 1. The lowest BCUT2D eigenvalue weighted by molar-refractivity contribution is -0.688. The predicted octanol–water partition coefficient (Wildman–Crippen LogP) is 0.282. The van der Waals surface area contributed by atoms with Gasteiger partial charge in [0.15, 0.2) is 42.0 Å². The zero-order valence-electron chi connectivity index (χ0n) is 16.8. The van der Waals surface area contributed by atoms with E-state index in [0.29, 0.717) is 29.0 Å². The molecule has 0 N–H and O–H groups in total. The predicted molar refractivity (Wildman–Crippen MR) is 108 cm³/mol. The van der Waals surface area contributed by atoms with Crippen LogP contribution in [0.5, 0.6) is 11.5 Å². The highest BCUT2D eigenvalue weighted by Gasteiger charge is 2.37. The fraction of sp³-hybridized carbons (Fsp3) is 0.208. The van der Waals surface area contributed by atoms with Gasteiger partial charge in [-0.15, -0.1) is 0 Å². The number of halogens is 1. The third-order valence-electron chi connectivity index (χ3n) is 5.32. The van der Waals surface area contributed by atoms with Gasteiger partial charge in [0.05, 0.1) is 20.1 Å². The van der Waals surface area contributed by atoms with Crippen LogP contribution in [0.2, 0.25) is 0 Å². The fourth-order valence-corrected chi connectivity index (χ4v) is 3.75. The first kappa shape index (κ1) is 21.5. The molecular weight excluding hydrogens is 402 g/mol. The Morgan fingerprint density at radius 1 is 1.00 bits per heavy atom. The van der Waals surface area contributed by atoms with Gasteiger partial charge in [0.2, 0.25) is 0 Å². The van der Waals surface area contributed by atoms with Crippen LogP contribution in [0.25, 0.3) is 0 Å². The summed E-state index contributed by atoms with van der Waals surface area (Å²) < 4.78 is 12.6. The van der Waals surface area contributed by atoms with Gasteiger partial charge in [-0.1, -0.05) is 30.3 Å². The molecule has 2 aromatic carbocycles. The fourth-order valence-electron chi connectivity index (χ4n) is 3.75. The molecule has 1 heterocycles. The van der Waals surface area contributed by atoms with Crippen LogP contribution in [-0.2, 0) is 13.0 Å². The Morgan fingerprint density at radius 2 is 1.63 bits per heavy atom. The number of hydrogen-bond donors (Lipinski definition) is 0. The van der Waals surface area contributed by atoms with Gasteiger partial charge < -0.3 is 21.9 Å². The standard InChI is InChI=1S/C24H22NO4.ClH/c1-28-21-13-18-12-20(24(27)19(18)14-22(21)29-2)23(26)17-8-10-25(11-9-17)15-16-6-4-3-5-7-16;/h3-11,13-14,20H,12,15H2,1-2H3;1H/q+1;/p-1. The number of benzene rings is 2. The van der Waals surface area contributed by atoms with E-state index in [-0.39, 0.29) is 24.0 Å². The van der Waals surface area contributed by atoms with Crippen LogP contribution in [0.4, 0.5) is 0 Å². The average Bonchev–Trinajstić information content (AvgIpc) is 3.09. The molecule has 1 aliphatic rings. The van der Waals surface area contributed by atoms with E-state index in [0.717, 1.165) is 12.1 Å². The van der Waals surface area contributed by atoms with E-state index in [2.05, 4.69) is 12.1 Å². The summed E-state index contributed by atoms with van der Waals surface area (Å²) in [4.78, 5) is 25.9. The molecule has 6 heteroatoms. The molecule has 0 fully saturated rings. The molecule has 1 aliphatic carbocycles. The first-order valence-electron chi connectivity index (χ1n) is 9.47. The minimum Gasteiger partial charge on any atom is -1.00 e. The van der Waals surface area contributed by atoms with Crippen LogP contribution in [0.3, 0.4) is 0 Å². The Bertz CT molecular complexity index is 1060. The number of Topliss-reactive ketones (excluding diaryl/α,β-unsaturated/α-hetero) is 2. The summed E-state index contributed by atoms with van der Waals surface area (Å²) in [6.07, 6.45) is 4.13. The van der Waals surface area contributed by atoms with Crippen molar-refractivity contribution in [3.63, 3.8) is 0 Å². The van der Waals surface area contributed by atoms with Crippen LogP contribution < -0.4 is 26.4 Å². The van der Waals surface area contributed by atoms with Crippen LogP contribution >= 0.6 is 0 Å². The maximum absolute atomic E-state index is 13.0. The first-order valence-corrected chi connectivity index (χ1v) is 9.47. The van der Waals surface area contributed by atoms with E-state index < -0.39 is 5.92 Å². The van der Waals surface area contributed by atoms with Gasteiger partial charge in [-0.05, 0) is 24.1 Å². The summed E-state index contributed by atoms with van der Waals surface area (Å²) in [5.41, 5.74) is 3.08. The molecule has 30 heavy (non-hydrogen) atoms. The van der Waals surface area contributed by atoms with Crippen LogP contribution in [0, 0.1) is 5.92 Å². The second-order valence-corrected chi connectivity index (χ2v) is 7.09. The summed E-state index contributed by atoms with van der Waals surface area (Å²) in [7, 11) is 3.08. The Labute approximate surface area is 181 Å². The van der Waals surface area contributed by atoms with Gasteiger partial charge in [0, 0.05) is 28.8 Å². The molecule has 0 bridgehead atoms. The summed E-state index contributed by atoms with van der Waals surface area (Å²) in [6, 6.07) is 17.1. The smallest absolute Gasteiger partial charge is 0.174 e. The molecule has 154 valence electrons. The van der Waals surface area contributed by atoms with Gasteiger partial charge in [-0.25, -0.2) is 4.57 Å². The lowest BCUT2D eigenvalue weighted by atomic mass is 9.95. The largest absolute Gasteiger partial charge is 1.00 e. The van der Waals surface area contributed by atoms with E-state index in [1.165, 1.54) is 12.7 Å². The van der Waals surface area contributed by atoms with Crippen molar-refractivity contribution in [3.8, 4) is 11.5 Å². The summed E-state index contributed by atoms with van der Waals surface area (Å²) in [5.74, 6) is 0.0397. The Morgan fingerprint density at radius 3 is 2.27 bits per heavy atom. The highest BCUT2D eigenvalue weighted by atomic mass is 35.5. The Kier molecular flexibility index (Phi) is 6.53. The maximum Gasteiger partial charge on any atom is 0.174 e. The third-order valence-corrected chi connectivity index (χ3v) is 5.32. The van der Waals surface area contributed by atoms with E-state index in [1.807, 2.05) is 35.2 Å². The zero-order valence-corrected chi connectivity index (χ0v) is 17.6. The van der Waals surface area contributed by atoms with Crippen LogP contribution in [0.15, 0.2) is 67.0 Å². The van der Waals surface area contributed by atoms with Crippen molar-refractivity contribution in [2.75, 3.05) is 14.2 Å². The lowest BCUT2D eigenvalue weighted by Crippen LogP contribution is -3.00. The normalized spacial score (nSPS) is 14.6. The van der Waals surface area contributed by atoms with Crippen molar-refractivity contribution in [3.05, 3.63) is 89.2 Å². The van der Waals surface area contributed by atoms with Crippen LogP contribution in [0.1, 0.15) is 31.8 Å². The van der Waals surface area contributed by atoms with Crippen molar-refractivity contribution in [2.24, 2.45) is 5.92 Å². The number of aromatic nitrogens is 1. The van der Waals surface area contributed by atoms with E-state index in [1.54, 1.807) is 31.4 Å². The SMILES string of the molecule is COc1cc2c(cc1OC)C(=O)C(C(=O)c1cc[n+](Cc3ccccc3)cc1)C2.[Cl-]. The second-order valence-electron chi connectivity index (χ2n) is 7.09. The minimum absolute atomic E-state index is 0. The van der Waals surface area contributed by atoms with Crippen molar-refractivity contribution >= 4 is 11.6 Å². The van der Waals surface area contributed by atoms with E-state index >= 15 is 0 Å². The number of pyridine rings is 1. The van der Waals surface area contributed by atoms with Crippen molar-refractivity contribution in [2.45, 2.75) is 13.0 Å². The number of rotatable bonds is 6. The second kappa shape index (κ2) is 9.09. The number of fused-ring (bicyclic) bond motifs is 1. The lowest BCUT2D eigenvalue weighted by Gasteiger charge is -2.09. The molecule has 0 saturated heterocycles. The highest BCUT2D eigenvalue weighted by molar-refractivity contribution is 6.18. The number of carbonyl (C=O) groups excluding carboxylic acids is 2. The van der Waals surface area contributed by atoms with Gasteiger partial charge in [-0.2, -0.15) is 0 Å². The van der Waals surface area contributed by atoms with E-state index in [9.17, 15) is 9.59 Å². The Hall–Kier alpha value is -3.18. The summed E-state index contributed by atoms with van der Waals surface area (Å²) in [5, 5.41) is 0. The molecule has 5 nitrogen and oxygen atoms in total. The monoisotopic (exact) mass is 423 g/mol. The van der Waals surface area contributed by atoms with Gasteiger partial charge in [-0.3, -0.25) is 9.59 Å². The summed E-state index contributed by atoms with van der Waals surface area (Å²) >= 11 is 0. The number of carbonyl (C=O) groups is 2. The molecule has 0 aliphatic heterocycles. The van der Waals surface area contributed by atoms with Crippen molar-refractivity contribution < 1.29 is 36.0 Å². The number of methoxy groups -OCH3 is 2. The number of ketones is 2. The quantitative estimate of drug-likeness (QED) is 0.325. The maximum atomic E-state index is 13.0. The zero-order chi connectivity index (χ0) is 20.4. The van der Waals surface area contributed by atoms with Crippen LogP contribution in [-0.4, -0.2) is 25.8 Å². The van der Waals surface area contributed by atoms with Gasteiger partial charge in [0.1, 0.15) is 0 Å². The molecular formula is C24H22ClNO4. The molecule has 4 rings (SSSR count). The highest BCUT2D eigenvalue weighted by Crippen LogP contribution is 2.37. The van der Waals surface area contributed by atoms with Gasteiger partial charge >= 0.3 is 0 Å². The molecule has 0 saturated carbocycles. The number of hydrogen-bond acceptors (Lipinski definition) is 4. The summed E-state index contributed by atoms with van der Waals surface area (Å²) in [6.45, 7) is 0.725. The van der Waals surface area contributed by atoms with Crippen molar-refractivity contribution in [1.29, 1.82) is 0 Å². The van der Waals surface area contributed by atoms with E-state index in [4.69, 9.17) is 9.47 Å². The molecule has 3 aromatic rings. The minimum atomic E-state index is -0.702. The molecule has 0 amide bonds. The molecule has 0 spiro atoms. The molecule has 1 unspecified atom stereocenters.